The molecule has 0 bridgehead atoms. The molecule has 2 aromatic rings. The van der Waals surface area contributed by atoms with Crippen LogP contribution in [-0.4, -0.2) is 11.9 Å². The summed E-state index contributed by atoms with van der Waals surface area (Å²) in [4.78, 5) is 12.3. The summed E-state index contributed by atoms with van der Waals surface area (Å²) in [7, 11) is 0. The highest BCUT2D eigenvalue weighted by atomic mass is 16.1. The lowest BCUT2D eigenvalue weighted by molar-refractivity contribution is 0.0933. The first-order valence-corrected chi connectivity index (χ1v) is 7.43. The van der Waals surface area contributed by atoms with Gasteiger partial charge in [-0.25, -0.2) is 0 Å². The molecule has 0 aromatic heterocycles. The number of aryl methyl sites for hydroxylation is 1. The zero-order valence-electron chi connectivity index (χ0n) is 12.0. The lowest BCUT2D eigenvalue weighted by Crippen LogP contribution is -2.38. The normalized spacial score (nSPS) is 17.1. The molecule has 1 aliphatic rings. The summed E-state index contributed by atoms with van der Waals surface area (Å²) in [5.41, 5.74) is 10.1. The minimum Gasteiger partial charge on any atom is -0.349 e. The largest absolute Gasteiger partial charge is 0.349 e. The number of carbonyl (C=O) groups is 1. The van der Waals surface area contributed by atoms with Crippen molar-refractivity contribution < 1.29 is 4.79 Å². The summed E-state index contributed by atoms with van der Waals surface area (Å²) in [6.45, 7) is 0.501. The zero-order chi connectivity index (χ0) is 14.7. The van der Waals surface area contributed by atoms with Crippen molar-refractivity contribution in [3.8, 4) is 0 Å². The Morgan fingerprint density at radius 1 is 1.10 bits per heavy atom. The van der Waals surface area contributed by atoms with E-state index in [2.05, 4.69) is 29.6 Å². The van der Waals surface area contributed by atoms with Crippen molar-refractivity contribution in [2.45, 2.75) is 31.8 Å². The summed E-state index contributed by atoms with van der Waals surface area (Å²) >= 11 is 0. The van der Waals surface area contributed by atoms with Crippen LogP contribution in [0.4, 0.5) is 0 Å². The van der Waals surface area contributed by atoms with Crippen LogP contribution < -0.4 is 11.1 Å². The zero-order valence-corrected chi connectivity index (χ0v) is 12.0. The number of fused-ring (bicyclic) bond motifs is 1. The van der Waals surface area contributed by atoms with Crippen LogP contribution in [0.5, 0.6) is 0 Å². The number of hydrogen-bond acceptors (Lipinski definition) is 2. The molecule has 1 aliphatic carbocycles. The molecule has 0 radical (unpaired) electrons. The molecule has 0 saturated heterocycles. The van der Waals surface area contributed by atoms with Gasteiger partial charge in [-0.2, -0.15) is 0 Å². The minimum atomic E-state index is 0.00273. The molecule has 0 aliphatic heterocycles. The Hall–Kier alpha value is -2.13. The molecule has 3 N–H and O–H groups in total. The van der Waals surface area contributed by atoms with E-state index in [-0.39, 0.29) is 11.9 Å². The van der Waals surface area contributed by atoms with Crippen LogP contribution in [0.1, 0.15) is 33.5 Å². The third-order valence-corrected chi connectivity index (χ3v) is 4.13. The predicted octanol–water partition coefficient (Wildman–Crippen LogP) is 2.43. The van der Waals surface area contributed by atoms with Crippen LogP contribution >= 0.6 is 0 Å². The summed E-state index contributed by atoms with van der Waals surface area (Å²) in [6, 6.07) is 16.2. The van der Waals surface area contributed by atoms with Crippen molar-refractivity contribution in [1.82, 2.24) is 5.32 Å². The van der Waals surface area contributed by atoms with Gasteiger partial charge in [0.1, 0.15) is 0 Å². The average molecular weight is 280 g/mol. The fraction of sp³-hybridized carbons (Fsp3) is 0.278. The topological polar surface area (TPSA) is 55.1 Å². The highest BCUT2D eigenvalue weighted by molar-refractivity contribution is 5.94. The van der Waals surface area contributed by atoms with Crippen LogP contribution in [0.2, 0.25) is 0 Å². The molecular formula is C18H20N2O. The lowest BCUT2D eigenvalue weighted by atomic mass is 9.88. The monoisotopic (exact) mass is 280 g/mol. The van der Waals surface area contributed by atoms with E-state index < -0.39 is 0 Å². The van der Waals surface area contributed by atoms with E-state index in [1.807, 2.05) is 24.3 Å². The van der Waals surface area contributed by atoms with Crippen LogP contribution in [0.15, 0.2) is 48.5 Å². The first-order valence-electron chi connectivity index (χ1n) is 7.43. The van der Waals surface area contributed by atoms with E-state index in [1.165, 1.54) is 11.1 Å². The van der Waals surface area contributed by atoms with Crippen LogP contribution in [0, 0.1) is 0 Å². The third kappa shape index (κ3) is 3.14. The predicted molar refractivity (Wildman–Crippen MR) is 84.1 cm³/mol. The van der Waals surface area contributed by atoms with E-state index >= 15 is 0 Å². The quantitative estimate of drug-likeness (QED) is 0.907. The van der Waals surface area contributed by atoms with Crippen molar-refractivity contribution >= 4 is 5.91 Å². The number of nitrogens with two attached hydrogens (primary N) is 1. The second-order valence-corrected chi connectivity index (χ2v) is 5.58. The highest BCUT2D eigenvalue weighted by Crippen LogP contribution is 2.21. The number of rotatable bonds is 3. The molecular weight excluding hydrogens is 260 g/mol. The fourth-order valence-corrected chi connectivity index (χ4v) is 2.88. The molecule has 1 unspecified atom stereocenters. The Morgan fingerprint density at radius 2 is 1.81 bits per heavy atom. The maximum atomic E-state index is 12.3. The first-order chi connectivity index (χ1) is 10.3. The van der Waals surface area contributed by atoms with Gasteiger partial charge in [0.25, 0.3) is 5.91 Å². The smallest absolute Gasteiger partial charge is 0.251 e. The second kappa shape index (κ2) is 6.10. The summed E-state index contributed by atoms with van der Waals surface area (Å²) in [5.74, 6) is 0.00273. The third-order valence-electron chi connectivity index (χ3n) is 4.13. The maximum Gasteiger partial charge on any atom is 0.251 e. The molecule has 3 heteroatoms. The van der Waals surface area contributed by atoms with Gasteiger partial charge >= 0.3 is 0 Å². The van der Waals surface area contributed by atoms with E-state index in [4.69, 9.17) is 5.73 Å². The van der Waals surface area contributed by atoms with Crippen molar-refractivity contribution in [1.29, 1.82) is 0 Å². The Bertz CT molecular complexity index is 634. The Kier molecular flexibility index (Phi) is 4.02. The first kappa shape index (κ1) is 13.8. The van der Waals surface area contributed by atoms with Crippen LogP contribution in [-0.2, 0) is 19.4 Å². The average Bonchev–Trinajstić information content (AvgIpc) is 2.55. The summed E-state index contributed by atoms with van der Waals surface area (Å²) < 4.78 is 0. The van der Waals surface area contributed by atoms with Crippen molar-refractivity contribution in [2.24, 2.45) is 5.73 Å². The van der Waals surface area contributed by atoms with E-state index in [0.717, 1.165) is 24.8 Å². The molecule has 21 heavy (non-hydrogen) atoms. The van der Waals surface area contributed by atoms with Gasteiger partial charge in [-0.05, 0) is 48.1 Å². The number of nitrogens with one attached hydrogen (secondary N) is 1. The molecule has 108 valence electrons. The van der Waals surface area contributed by atoms with Crippen LogP contribution in [0.3, 0.4) is 0 Å². The molecule has 1 amide bonds. The van der Waals surface area contributed by atoms with Gasteiger partial charge in [0.2, 0.25) is 0 Å². The SMILES string of the molecule is NCc1ccc(C(=O)NC2CCc3ccccc3C2)cc1. The summed E-state index contributed by atoms with van der Waals surface area (Å²) in [6.07, 6.45) is 2.96. The molecule has 0 spiro atoms. The summed E-state index contributed by atoms with van der Waals surface area (Å²) in [5, 5.41) is 3.14. The van der Waals surface area contributed by atoms with Gasteiger partial charge in [0.05, 0.1) is 0 Å². The molecule has 0 fully saturated rings. The Balaban J connectivity index is 1.65. The molecule has 3 rings (SSSR count). The molecule has 0 saturated carbocycles. The molecule has 3 nitrogen and oxygen atoms in total. The van der Waals surface area contributed by atoms with Crippen molar-refractivity contribution in [2.75, 3.05) is 0 Å². The van der Waals surface area contributed by atoms with Gasteiger partial charge < -0.3 is 11.1 Å². The number of benzene rings is 2. The van der Waals surface area contributed by atoms with Gasteiger partial charge in [-0.15, -0.1) is 0 Å². The van der Waals surface area contributed by atoms with E-state index in [9.17, 15) is 4.79 Å². The lowest BCUT2D eigenvalue weighted by Gasteiger charge is -2.25. The number of hydrogen-bond donors (Lipinski definition) is 2. The van der Waals surface area contributed by atoms with Gasteiger partial charge in [0.15, 0.2) is 0 Å². The minimum absolute atomic E-state index is 0.00273. The van der Waals surface area contributed by atoms with E-state index in [0.29, 0.717) is 12.1 Å². The van der Waals surface area contributed by atoms with Crippen LogP contribution in [0.25, 0.3) is 0 Å². The van der Waals surface area contributed by atoms with Gasteiger partial charge in [0, 0.05) is 18.2 Å². The van der Waals surface area contributed by atoms with Gasteiger partial charge in [-0.3, -0.25) is 4.79 Å². The molecule has 2 aromatic carbocycles. The maximum absolute atomic E-state index is 12.3. The number of carbonyl (C=O) groups excluding carboxylic acids is 1. The van der Waals surface area contributed by atoms with Crippen molar-refractivity contribution in [3.63, 3.8) is 0 Å². The Labute approximate surface area is 125 Å². The standard InChI is InChI=1S/C18H20N2O/c19-12-13-5-7-15(8-6-13)18(21)20-17-10-9-14-3-1-2-4-16(14)11-17/h1-8,17H,9-12,19H2,(H,20,21). The molecule has 0 heterocycles. The number of amides is 1. The van der Waals surface area contributed by atoms with Crippen molar-refractivity contribution in [3.05, 3.63) is 70.8 Å². The fourth-order valence-electron chi connectivity index (χ4n) is 2.88. The molecule has 1 atom stereocenters. The Morgan fingerprint density at radius 3 is 2.52 bits per heavy atom. The highest BCUT2D eigenvalue weighted by Gasteiger charge is 2.20. The van der Waals surface area contributed by atoms with E-state index in [1.54, 1.807) is 0 Å². The second-order valence-electron chi connectivity index (χ2n) is 5.58. The van der Waals surface area contributed by atoms with Gasteiger partial charge in [-0.1, -0.05) is 36.4 Å².